The van der Waals surface area contributed by atoms with Gasteiger partial charge in [0.05, 0.1) is 0 Å². The Kier molecular flexibility index (Phi) is 45.7. The first-order chi connectivity index (χ1) is 29.3. The summed E-state index contributed by atoms with van der Waals surface area (Å²) in [6.07, 6.45) is 48.0. The smallest absolute Gasteiger partial charge is 0.306 e. The van der Waals surface area contributed by atoms with Gasteiger partial charge in [-0.25, -0.2) is 0 Å². The van der Waals surface area contributed by atoms with Crippen molar-refractivity contribution in [2.24, 2.45) is 11.8 Å². The number of esters is 3. The molecule has 6 heteroatoms. The molecule has 0 saturated heterocycles. The largest absolute Gasteiger partial charge is 0.462 e. The van der Waals surface area contributed by atoms with Gasteiger partial charge in [0.2, 0.25) is 0 Å². The Labute approximate surface area is 374 Å². The van der Waals surface area contributed by atoms with Crippen molar-refractivity contribution in [3.05, 3.63) is 0 Å². The van der Waals surface area contributed by atoms with E-state index in [9.17, 15) is 14.4 Å². The van der Waals surface area contributed by atoms with Crippen LogP contribution in [0.3, 0.4) is 0 Å². The first-order valence-electron chi connectivity index (χ1n) is 26.8. The van der Waals surface area contributed by atoms with Crippen LogP contribution >= 0.6 is 0 Å². The normalized spacial score (nSPS) is 12.5. The van der Waals surface area contributed by atoms with Crippen LogP contribution in [0.2, 0.25) is 0 Å². The minimum absolute atomic E-state index is 0.0634. The van der Waals surface area contributed by atoms with Crippen molar-refractivity contribution in [1.29, 1.82) is 0 Å². The molecule has 0 fully saturated rings. The summed E-state index contributed by atoms with van der Waals surface area (Å²) in [6, 6.07) is 0. The van der Waals surface area contributed by atoms with E-state index in [1.54, 1.807) is 0 Å². The van der Waals surface area contributed by atoms with Gasteiger partial charge >= 0.3 is 17.9 Å². The fraction of sp³-hybridized carbons (Fsp3) is 0.944. The van der Waals surface area contributed by atoms with Crippen LogP contribution in [0.25, 0.3) is 0 Å². The van der Waals surface area contributed by atoms with Gasteiger partial charge in [-0.3, -0.25) is 14.4 Å². The molecule has 0 radical (unpaired) electrons. The number of hydrogen-bond donors (Lipinski definition) is 0. The van der Waals surface area contributed by atoms with Crippen molar-refractivity contribution < 1.29 is 28.6 Å². The highest BCUT2D eigenvalue weighted by atomic mass is 16.6. The van der Waals surface area contributed by atoms with Gasteiger partial charge in [-0.05, 0) is 31.1 Å². The average Bonchev–Trinajstić information content (AvgIpc) is 3.23. The van der Waals surface area contributed by atoms with Crippen LogP contribution in [0, 0.1) is 11.8 Å². The molecule has 0 saturated carbocycles. The SMILES string of the molecule is CCCCCCCCCCCCC(=O)OC[C@@H](COC(=O)CCCCCCCCCCCCCCCCC(C)CC)OC(=O)CCCCCCCCCCCCCC(C)C. The lowest BCUT2D eigenvalue weighted by Crippen LogP contribution is -2.30. The second-order valence-electron chi connectivity index (χ2n) is 19.2. The standard InChI is InChI=1S/C54H104O6/c1-6-8-9-10-11-12-24-29-34-39-44-52(55)58-47-51(60-54(57)46-41-36-31-26-21-17-18-22-27-32-37-42-49(3)4)48-59-53(56)45-40-35-30-25-20-16-14-13-15-19-23-28-33-38-43-50(5)7-2/h49-51H,6-48H2,1-5H3/t50?,51-/m0/s1. The molecule has 0 aliphatic heterocycles. The van der Waals surface area contributed by atoms with Crippen molar-refractivity contribution in [1.82, 2.24) is 0 Å². The Balaban J connectivity index is 4.26. The molecular weight excluding hydrogens is 745 g/mol. The fourth-order valence-corrected chi connectivity index (χ4v) is 8.13. The van der Waals surface area contributed by atoms with E-state index in [0.717, 1.165) is 69.6 Å². The molecule has 1 unspecified atom stereocenters. The first kappa shape index (κ1) is 58.4. The molecule has 0 heterocycles. The van der Waals surface area contributed by atoms with Crippen molar-refractivity contribution in [3.8, 4) is 0 Å². The summed E-state index contributed by atoms with van der Waals surface area (Å²) in [5.41, 5.74) is 0. The van der Waals surface area contributed by atoms with Crippen LogP contribution in [0.5, 0.6) is 0 Å². The zero-order valence-corrected chi connectivity index (χ0v) is 41.1. The summed E-state index contributed by atoms with van der Waals surface area (Å²) in [7, 11) is 0. The molecule has 0 amide bonds. The third-order valence-electron chi connectivity index (χ3n) is 12.6. The monoisotopic (exact) mass is 849 g/mol. The third-order valence-corrected chi connectivity index (χ3v) is 12.6. The van der Waals surface area contributed by atoms with E-state index in [-0.39, 0.29) is 31.1 Å². The van der Waals surface area contributed by atoms with Crippen molar-refractivity contribution in [3.63, 3.8) is 0 Å². The Hall–Kier alpha value is -1.59. The molecule has 0 aromatic heterocycles. The quantitative estimate of drug-likeness (QED) is 0.0345. The van der Waals surface area contributed by atoms with Crippen LogP contribution in [0.1, 0.15) is 298 Å². The van der Waals surface area contributed by atoms with Gasteiger partial charge in [0.15, 0.2) is 6.10 Å². The number of hydrogen-bond acceptors (Lipinski definition) is 6. The lowest BCUT2D eigenvalue weighted by molar-refractivity contribution is -0.167. The Morgan fingerprint density at radius 2 is 0.633 bits per heavy atom. The number of ether oxygens (including phenoxy) is 3. The predicted molar refractivity (Wildman–Crippen MR) is 256 cm³/mol. The molecule has 2 atom stereocenters. The maximum absolute atomic E-state index is 12.8. The molecule has 0 rings (SSSR count). The van der Waals surface area contributed by atoms with E-state index >= 15 is 0 Å². The summed E-state index contributed by atoms with van der Waals surface area (Å²) in [5.74, 6) is 0.874. The molecule has 0 aromatic carbocycles. The van der Waals surface area contributed by atoms with Crippen LogP contribution in [-0.4, -0.2) is 37.2 Å². The molecule has 0 aliphatic rings. The Morgan fingerprint density at radius 3 is 0.950 bits per heavy atom. The first-order valence-corrected chi connectivity index (χ1v) is 26.8. The van der Waals surface area contributed by atoms with E-state index in [0.29, 0.717) is 19.3 Å². The second kappa shape index (κ2) is 46.9. The van der Waals surface area contributed by atoms with Gasteiger partial charge in [0.25, 0.3) is 0 Å². The third kappa shape index (κ3) is 45.9. The lowest BCUT2D eigenvalue weighted by Gasteiger charge is -2.18. The predicted octanol–water partition coefficient (Wildman–Crippen LogP) is 17.3. The maximum atomic E-state index is 12.8. The van der Waals surface area contributed by atoms with Gasteiger partial charge < -0.3 is 14.2 Å². The lowest BCUT2D eigenvalue weighted by atomic mass is 9.99. The molecule has 356 valence electrons. The molecule has 60 heavy (non-hydrogen) atoms. The van der Waals surface area contributed by atoms with Crippen LogP contribution in [0.15, 0.2) is 0 Å². The summed E-state index contributed by atoms with van der Waals surface area (Å²) in [4.78, 5) is 37.9. The number of carbonyl (C=O) groups excluding carboxylic acids is 3. The average molecular weight is 849 g/mol. The van der Waals surface area contributed by atoms with E-state index in [4.69, 9.17) is 14.2 Å². The van der Waals surface area contributed by atoms with Gasteiger partial charge in [0, 0.05) is 19.3 Å². The number of rotatable bonds is 48. The molecular formula is C54H104O6. The van der Waals surface area contributed by atoms with Crippen LogP contribution in [0.4, 0.5) is 0 Å². The maximum Gasteiger partial charge on any atom is 0.306 e. The molecule has 0 aromatic rings. The highest BCUT2D eigenvalue weighted by Gasteiger charge is 2.19. The zero-order valence-electron chi connectivity index (χ0n) is 41.1. The highest BCUT2D eigenvalue weighted by molar-refractivity contribution is 5.71. The van der Waals surface area contributed by atoms with Crippen LogP contribution < -0.4 is 0 Å². The minimum atomic E-state index is -0.761. The van der Waals surface area contributed by atoms with Crippen molar-refractivity contribution in [2.45, 2.75) is 304 Å². The molecule has 0 bridgehead atoms. The van der Waals surface area contributed by atoms with Crippen molar-refractivity contribution in [2.75, 3.05) is 13.2 Å². The molecule has 0 N–H and O–H groups in total. The topological polar surface area (TPSA) is 78.9 Å². The highest BCUT2D eigenvalue weighted by Crippen LogP contribution is 2.18. The minimum Gasteiger partial charge on any atom is -0.462 e. The zero-order chi connectivity index (χ0) is 44.0. The number of unbranched alkanes of at least 4 members (excludes halogenated alkanes) is 32. The second-order valence-corrected chi connectivity index (χ2v) is 19.2. The van der Waals surface area contributed by atoms with Crippen molar-refractivity contribution >= 4 is 17.9 Å². The summed E-state index contributed by atoms with van der Waals surface area (Å²) in [5, 5.41) is 0. The van der Waals surface area contributed by atoms with Gasteiger partial charge in [-0.1, -0.05) is 259 Å². The van der Waals surface area contributed by atoms with E-state index < -0.39 is 6.10 Å². The van der Waals surface area contributed by atoms with Crippen LogP contribution in [-0.2, 0) is 28.6 Å². The van der Waals surface area contributed by atoms with Gasteiger partial charge in [-0.2, -0.15) is 0 Å². The van der Waals surface area contributed by atoms with Gasteiger partial charge in [-0.15, -0.1) is 0 Å². The molecule has 0 spiro atoms. The summed E-state index contributed by atoms with van der Waals surface area (Å²) < 4.78 is 16.8. The Morgan fingerprint density at radius 1 is 0.350 bits per heavy atom. The fourth-order valence-electron chi connectivity index (χ4n) is 8.13. The molecule has 0 aliphatic carbocycles. The van der Waals surface area contributed by atoms with Gasteiger partial charge in [0.1, 0.15) is 13.2 Å². The summed E-state index contributed by atoms with van der Waals surface area (Å²) in [6.45, 7) is 11.4. The molecule has 6 nitrogen and oxygen atoms in total. The number of carbonyl (C=O) groups is 3. The Bertz CT molecular complexity index is 918. The summed E-state index contributed by atoms with van der Waals surface area (Å²) >= 11 is 0. The van der Waals surface area contributed by atoms with E-state index in [1.165, 1.54) is 186 Å². The van der Waals surface area contributed by atoms with E-state index in [1.807, 2.05) is 0 Å². The van der Waals surface area contributed by atoms with E-state index in [2.05, 4.69) is 34.6 Å².